The van der Waals surface area contributed by atoms with Crippen LogP contribution in [0, 0.1) is 198 Å². The molecule has 6 aromatic carbocycles. The molecule has 0 unspecified atom stereocenters. The van der Waals surface area contributed by atoms with E-state index in [1.54, 1.807) is 0 Å². The summed E-state index contributed by atoms with van der Waals surface area (Å²) in [5, 5.41) is 0. The van der Waals surface area contributed by atoms with Crippen LogP contribution in [0.4, 0.5) is 184 Å². The highest BCUT2D eigenvalue weighted by molar-refractivity contribution is 6.07. The highest BCUT2D eigenvalue weighted by Crippen LogP contribution is 2.55. The van der Waals surface area contributed by atoms with Gasteiger partial charge in [-0.25, -0.2) is 204 Å². The molecule has 114 heavy (non-hydrogen) atoms. The maximum Gasteiger partial charge on any atom is 0.200 e. The highest BCUT2D eigenvalue weighted by Gasteiger charge is 2.46. The van der Waals surface area contributed by atoms with E-state index >= 15 is 158 Å². The van der Waals surface area contributed by atoms with Crippen LogP contribution in [0.3, 0.4) is 0 Å². The predicted octanol–water partition coefficient (Wildman–Crippen LogP) is 23.8. The van der Waals surface area contributed by atoms with Crippen molar-refractivity contribution >= 4 is 68.7 Å². The van der Waals surface area contributed by atoms with Crippen LogP contribution >= 0.6 is 0 Å². The number of aromatic amines is 2. The number of nitrogens with one attached hydrogen (secondary N) is 2. The summed E-state index contributed by atoms with van der Waals surface area (Å²) in [6.07, 6.45) is 0. The maximum atomic E-state index is 17.4. The van der Waals surface area contributed by atoms with Crippen molar-refractivity contribution in [2.75, 3.05) is 0 Å². The summed E-state index contributed by atoms with van der Waals surface area (Å²) >= 11 is 0. The minimum atomic E-state index is -3.71. The summed E-state index contributed by atoms with van der Waals surface area (Å²) in [7, 11) is 0. The fraction of sp³-hybridized carbons (Fsp3) is 0. The van der Waals surface area contributed by atoms with Crippen LogP contribution in [0.5, 0.6) is 0 Å². The molecule has 0 aliphatic carbocycles. The summed E-state index contributed by atoms with van der Waals surface area (Å²) < 4.78 is 682. The van der Waals surface area contributed by atoms with Gasteiger partial charge in [0, 0.05) is 33.4 Å². The zero-order valence-electron chi connectivity index (χ0n) is 51.7. The molecule has 0 fully saturated rings. The Balaban J connectivity index is 1.47. The minimum absolute atomic E-state index is 0.747. The molecule has 6 nitrogen and oxygen atoms in total. The summed E-state index contributed by atoms with van der Waals surface area (Å²) in [5.74, 6) is -153. The SMILES string of the molecule is FC1=C(F)c2nc1c(-c1c(F)c(F)c(F)c(F)c1F)c1nc(c(-c3c(F)c(F)c(F)c(F)c3F)c3[nH]c(c(F)c3F)c(-c3c(F)c(F)c(F)c(F)c3F)c3nc(c(-c4c(F)c(F)c(F)c(F)c4F)c4[nH]c(c(F)c4F)c(-c4c(F)c(F)c(F)c(F)c4F)c4nc(c2-c2c(F)c(F)c(F)c(F)c2F)C(F)=C4F)C(F)=C3F)C(F)=C1F. The first kappa shape index (κ1) is 79.4. The standard InChI is InChI=1S/C66H2F42N6/c67-13-1(14(68)26(80)37(91)25(13)79)7-55-43(97)45(99)57(109-55)8(2-15(69)27(81)38(92)28(82)16(2)70)59-47(101)49(103)61(111-59)10(4-19(73)31(85)40(94)32(86)20(4)74)63-51(105)53(107)65(113-63)12(6-23(77)35(89)42(96)36(90)24(6)78)66-54(108)52(106)64(114-66)11(5-21(75)33(87)41(95)34(88)22(5)76)62-50(104)48(102)60(112-62)9(58-46(100)44(98)56(7)110-58)3-17(71)29(83)39(93)30(84)18(3)72/h109,112H. The van der Waals surface area contributed by atoms with Gasteiger partial charge in [-0.3, -0.25) is 0 Å². The summed E-state index contributed by atoms with van der Waals surface area (Å²) in [6, 6.07) is 0. The second-order valence-corrected chi connectivity index (χ2v) is 22.7. The van der Waals surface area contributed by atoms with Crippen molar-refractivity contribution in [3.05, 3.63) is 243 Å². The van der Waals surface area contributed by atoms with E-state index in [4.69, 9.17) is 0 Å². The summed E-state index contributed by atoms with van der Waals surface area (Å²) in [5.41, 5.74) is -78.6. The average Bonchev–Trinajstić information content (AvgIpc) is 1.56. The number of nitrogens with zero attached hydrogens (tertiary/aromatic N) is 4. The van der Waals surface area contributed by atoms with Crippen molar-refractivity contribution in [3.8, 4) is 66.8 Å². The highest BCUT2D eigenvalue weighted by atomic mass is 19.2. The molecule has 0 spiro atoms. The van der Waals surface area contributed by atoms with Crippen molar-refractivity contribution in [2.45, 2.75) is 0 Å². The van der Waals surface area contributed by atoms with Crippen molar-refractivity contribution in [2.24, 2.45) is 0 Å². The van der Waals surface area contributed by atoms with Crippen molar-refractivity contribution < 1.29 is 184 Å². The Kier molecular flexibility index (Phi) is 18.8. The van der Waals surface area contributed by atoms with Crippen LogP contribution in [0.2, 0.25) is 0 Å². The summed E-state index contributed by atoms with van der Waals surface area (Å²) in [6.45, 7) is 0. The molecule has 12 bridgehead atoms. The van der Waals surface area contributed by atoms with Crippen LogP contribution < -0.4 is 0 Å². The van der Waals surface area contributed by atoms with E-state index in [1.165, 1.54) is 0 Å². The molecule has 9 aromatic rings. The van der Waals surface area contributed by atoms with Crippen LogP contribution in [-0.4, -0.2) is 29.9 Å². The lowest BCUT2D eigenvalue weighted by Crippen LogP contribution is -2.07. The zero-order valence-corrected chi connectivity index (χ0v) is 51.7. The van der Waals surface area contributed by atoms with E-state index < -0.39 is 379 Å². The topological polar surface area (TPSA) is 83.1 Å². The smallest absolute Gasteiger partial charge is 0.200 e. The number of rotatable bonds is 6. The molecular formula is C66H2F42N6. The number of hydrogen-bond acceptors (Lipinski definition) is 4. The number of H-pyrrole nitrogens is 2. The van der Waals surface area contributed by atoms with E-state index in [-0.39, 0.29) is 0 Å². The van der Waals surface area contributed by atoms with E-state index in [9.17, 15) is 26.3 Å². The molecule has 4 aliphatic rings. The van der Waals surface area contributed by atoms with Gasteiger partial charge in [-0.15, -0.1) is 0 Å². The molecular weight excluding hydrogens is 1670 g/mol. The molecule has 7 heterocycles. The normalized spacial score (nSPS) is 13.2. The number of hydrogen-bond donors (Lipinski definition) is 2. The first-order chi connectivity index (χ1) is 53.1. The van der Waals surface area contributed by atoms with Gasteiger partial charge >= 0.3 is 0 Å². The number of fused-ring (bicyclic) bond motifs is 12. The quantitative estimate of drug-likeness (QED) is 0.0987. The van der Waals surface area contributed by atoms with Crippen LogP contribution in [-0.2, 0) is 0 Å². The van der Waals surface area contributed by atoms with Gasteiger partial charge in [0.05, 0.1) is 55.4 Å². The first-order valence-electron chi connectivity index (χ1n) is 28.7. The predicted molar refractivity (Wildman–Crippen MR) is 299 cm³/mol. The van der Waals surface area contributed by atoms with Gasteiger partial charge in [-0.05, 0) is 0 Å². The molecule has 3 aromatic heterocycles. The van der Waals surface area contributed by atoms with E-state index in [0.29, 0.717) is 0 Å². The molecule has 13 rings (SSSR count). The Morgan fingerprint density at radius 1 is 0.105 bits per heavy atom. The van der Waals surface area contributed by atoms with Gasteiger partial charge in [0.15, 0.2) is 209 Å². The van der Waals surface area contributed by atoms with E-state index in [1.807, 2.05) is 0 Å². The molecule has 2 N–H and O–H groups in total. The largest absolute Gasteiger partial charge is 0.349 e. The van der Waals surface area contributed by atoms with E-state index in [0.717, 1.165) is 9.97 Å². The fourth-order valence-electron chi connectivity index (χ4n) is 11.7. The number of aromatic nitrogens is 6. The lowest BCUT2D eigenvalue weighted by molar-refractivity contribution is 0.381. The van der Waals surface area contributed by atoms with E-state index in [2.05, 4.69) is 19.9 Å². The van der Waals surface area contributed by atoms with Gasteiger partial charge in [-0.1, -0.05) is 0 Å². The van der Waals surface area contributed by atoms with Crippen molar-refractivity contribution in [3.63, 3.8) is 0 Å². The molecule has 4 aliphatic heterocycles. The number of halogens is 42. The third-order valence-electron chi connectivity index (χ3n) is 16.7. The molecule has 0 atom stereocenters. The zero-order chi connectivity index (χ0) is 84.3. The van der Waals surface area contributed by atoms with Gasteiger partial charge in [0.2, 0.25) is 34.9 Å². The average molecular weight is 1680 g/mol. The van der Waals surface area contributed by atoms with Crippen LogP contribution in [0.15, 0.2) is 0 Å². The third kappa shape index (κ3) is 10.7. The van der Waals surface area contributed by atoms with Gasteiger partial charge in [-0.2, -0.15) is 0 Å². The second-order valence-electron chi connectivity index (χ2n) is 22.7. The molecule has 48 heteroatoms. The van der Waals surface area contributed by atoms with Crippen molar-refractivity contribution in [1.29, 1.82) is 0 Å². The summed E-state index contributed by atoms with van der Waals surface area (Å²) in [4.78, 5) is 12.2. The Labute approximate surface area is 592 Å². The first-order valence-corrected chi connectivity index (χ1v) is 28.7. The third-order valence-corrected chi connectivity index (χ3v) is 16.7. The lowest BCUT2D eigenvalue weighted by Gasteiger charge is -2.12. The molecule has 0 saturated carbocycles. The Morgan fingerprint density at radius 2 is 0.202 bits per heavy atom. The Morgan fingerprint density at radius 3 is 0.325 bits per heavy atom. The van der Waals surface area contributed by atoms with Gasteiger partial charge in [0.1, 0.15) is 45.6 Å². The minimum Gasteiger partial charge on any atom is -0.349 e. The Hall–Kier alpha value is -12.7. The lowest BCUT2D eigenvalue weighted by atomic mass is 9.98. The molecule has 590 valence electrons. The number of benzene rings is 6. The van der Waals surface area contributed by atoms with Gasteiger partial charge < -0.3 is 9.97 Å². The molecule has 0 saturated heterocycles. The van der Waals surface area contributed by atoms with Crippen molar-refractivity contribution in [1.82, 2.24) is 29.9 Å². The van der Waals surface area contributed by atoms with Crippen LogP contribution in [0.1, 0.15) is 45.6 Å². The Bertz CT molecular complexity index is 6060. The van der Waals surface area contributed by atoms with Crippen LogP contribution in [0.25, 0.3) is 135 Å². The molecule has 0 amide bonds. The fourth-order valence-corrected chi connectivity index (χ4v) is 11.7. The monoisotopic (exact) mass is 1680 g/mol. The second kappa shape index (κ2) is 27.0. The maximum absolute atomic E-state index is 17.4. The van der Waals surface area contributed by atoms with Gasteiger partial charge in [0.25, 0.3) is 0 Å². The molecule has 0 radical (unpaired) electrons.